The molecule has 2 heterocycles. The number of aromatic amines is 2. The molecule has 2 N–H and O–H groups in total. The molecule has 18 heavy (non-hydrogen) atoms. The van der Waals surface area contributed by atoms with Gasteiger partial charge in [0.05, 0.1) is 0 Å². The van der Waals surface area contributed by atoms with Crippen LogP contribution in [0.4, 0.5) is 0 Å². The Kier molecular flexibility index (Phi) is 2.48. The number of imidazole rings is 2. The topological polar surface area (TPSA) is 39.3 Å². The third-order valence-corrected chi connectivity index (χ3v) is 3.16. The summed E-state index contributed by atoms with van der Waals surface area (Å²) in [6.07, 6.45) is 7.93. The summed E-state index contributed by atoms with van der Waals surface area (Å²) in [5.74, 6) is 2.24. The van der Waals surface area contributed by atoms with Crippen LogP contribution >= 0.6 is 0 Å². The molecule has 0 radical (unpaired) electrons. The maximum atomic E-state index is 3.17. The van der Waals surface area contributed by atoms with Crippen molar-refractivity contribution in [3.8, 4) is 11.4 Å². The van der Waals surface area contributed by atoms with Gasteiger partial charge in [-0.2, -0.15) is 0 Å². The Labute approximate surface area is 106 Å². The Morgan fingerprint density at radius 1 is 0.722 bits per heavy atom. The first kappa shape index (κ1) is 10.8. The number of nitrogens with one attached hydrogen (secondary N) is 2. The van der Waals surface area contributed by atoms with E-state index in [0.717, 1.165) is 23.0 Å². The monoisotopic (exact) mass is 240 g/mol. The molecule has 0 saturated carbocycles. The van der Waals surface area contributed by atoms with E-state index in [2.05, 4.69) is 57.2 Å². The third kappa shape index (κ3) is 1.72. The minimum Gasteiger partial charge on any atom is -0.247 e. The fraction of sp³-hybridized carbons (Fsp3) is 0.143. The lowest BCUT2D eigenvalue weighted by Gasteiger charge is -2.00. The maximum Gasteiger partial charge on any atom is 0.256 e. The van der Waals surface area contributed by atoms with Crippen molar-refractivity contribution in [3.05, 3.63) is 60.7 Å². The Morgan fingerprint density at radius 3 is 1.39 bits per heavy atom. The molecular weight excluding hydrogens is 224 g/mol. The number of benzene rings is 1. The molecule has 0 spiro atoms. The molecule has 0 atom stereocenters. The summed E-state index contributed by atoms with van der Waals surface area (Å²) in [7, 11) is 0. The summed E-state index contributed by atoms with van der Waals surface area (Å²) in [5, 5.41) is 0. The van der Waals surface area contributed by atoms with Crippen LogP contribution in [-0.2, 0) is 0 Å². The highest BCUT2D eigenvalue weighted by molar-refractivity contribution is 5.31. The van der Waals surface area contributed by atoms with E-state index >= 15 is 0 Å². The molecule has 0 unspecified atom stereocenters. The smallest absolute Gasteiger partial charge is 0.247 e. The standard InChI is InChI=1S/C14H14N4/c1-11-15-7-9-17(11)13-3-5-14(6-4-13)18-10-8-16-12(18)2/h3-10H,1-2H3/p+2. The highest BCUT2D eigenvalue weighted by Gasteiger charge is 2.11. The summed E-state index contributed by atoms with van der Waals surface area (Å²) in [6, 6.07) is 8.48. The quantitative estimate of drug-likeness (QED) is 0.638. The van der Waals surface area contributed by atoms with Crippen molar-refractivity contribution in [1.29, 1.82) is 0 Å². The van der Waals surface area contributed by atoms with Gasteiger partial charge in [-0.1, -0.05) is 0 Å². The number of hydrogen-bond donors (Lipinski definition) is 2. The molecular formula is C14H16N4+2. The van der Waals surface area contributed by atoms with E-state index in [4.69, 9.17) is 0 Å². The van der Waals surface area contributed by atoms with Crippen LogP contribution in [-0.4, -0.2) is 9.97 Å². The molecule has 1 aromatic carbocycles. The van der Waals surface area contributed by atoms with E-state index in [9.17, 15) is 0 Å². The Hall–Kier alpha value is -2.36. The van der Waals surface area contributed by atoms with Crippen molar-refractivity contribution in [3.63, 3.8) is 0 Å². The van der Waals surface area contributed by atoms with Crippen molar-refractivity contribution in [2.75, 3.05) is 0 Å². The summed E-state index contributed by atoms with van der Waals surface area (Å²) in [5.41, 5.74) is 2.32. The average molecular weight is 240 g/mol. The molecule has 0 bridgehead atoms. The van der Waals surface area contributed by atoms with Gasteiger partial charge in [0.15, 0.2) is 0 Å². The predicted octanol–water partition coefficient (Wildman–Crippen LogP) is 1.51. The normalized spacial score (nSPS) is 10.8. The Morgan fingerprint density at radius 2 is 1.11 bits per heavy atom. The van der Waals surface area contributed by atoms with Crippen LogP contribution in [0.2, 0.25) is 0 Å². The number of rotatable bonds is 2. The summed E-state index contributed by atoms with van der Waals surface area (Å²) in [6.45, 7) is 4.11. The van der Waals surface area contributed by atoms with Gasteiger partial charge in [0.25, 0.3) is 11.6 Å². The van der Waals surface area contributed by atoms with Gasteiger partial charge in [-0.15, -0.1) is 0 Å². The van der Waals surface area contributed by atoms with Gasteiger partial charge in [0, 0.05) is 13.8 Å². The first-order valence-electron chi connectivity index (χ1n) is 5.98. The van der Waals surface area contributed by atoms with Crippen molar-refractivity contribution >= 4 is 0 Å². The molecule has 0 aliphatic rings. The molecule has 90 valence electrons. The van der Waals surface area contributed by atoms with Crippen LogP contribution in [0.25, 0.3) is 11.4 Å². The van der Waals surface area contributed by atoms with E-state index in [1.807, 2.05) is 24.8 Å². The minimum atomic E-state index is 1.12. The minimum absolute atomic E-state index is 1.12. The Balaban J connectivity index is 2.00. The summed E-state index contributed by atoms with van der Waals surface area (Å²) >= 11 is 0. The summed E-state index contributed by atoms with van der Waals surface area (Å²) in [4.78, 5) is 6.34. The van der Waals surface area contributed by atoms with E-state index in [1.165, 1.54) is 0 Å². The van der Waals surface area contributed by atoms with Crippen LogP contribution < -0.4 is 9.13 Å². The summed E-state index contributed by atoms with van der Waals surface area (Å²) < 4.78 is 4.25. The zero-order valence-corrected chi connectivity index (χ0v) is 10.5. The van der Waals surface area contributed by atoms with E-state index in [0.29, 0.717) is 0 Å². The molecule has 2 aromatic heterocycles. The largest absolute Gasteiger partial charge is 0.256 e. The lowest BCUT2D eigenvalue weighted by atomic mass is 10.2. The van der Waals surface area contributed by atoms with Crippen molar-refractivity contribution in [2.45, 2.75) is 13.8 Å². The lowest BCUT2D eigenvalue weighted by molar-refractivity contribution is -0.605. The molecule has 4 nitrogen and oxygen atoms in total. The fourth-order valence-electron chi connectivity index (χ4n) is 2.16. The van der Waals surface area contributed by atoms with Crippen molar-refractivity contribution in [1.82, 2.24) is 9.97 Å². The zero-order valence-electron chi connectivity index (χ0n) is 10.5. The first-order valence-corrected chi connectivity index (χ1v) is 5.98. The van der Waals surface area contributed by atoms with Crippen LogP contribution in [0, 0.1) is 13.8 Å². The number of aromatic nitrogens is 4. The van der Waals surface area contributed by atoms with Gasteiger partial charge >= 0.3 is 0 Å². The second kappa shape index (κ2) is 4.14. The second-order valence-electron chi connectivity index (χ2n) is 4.35. The van der Waals surface area contributed by atoms with Crippen LogP contribution in [0.5, 0.6) is 0 Å². The predicted molar refractivity (Wildman–Crippen MR) is 67.7 cm³/mol. The third-order valence-electron chi connectivity index (χ3n) is 3.16. The van der Waals surface area contributed by atoms with Crippen LogP contribution in [0.3, 0.4) is 0 Å². The van der Waals surface area contributed by atoms with E-state index < -0.39 is 0 Å². The van der Waals surface area contributed by atoms with Gasteiger partial charge in [0.1, 0.15) is 36.2 Å². The molecule has 0 amide bonds. The molecule has 0 fully saturated rings. The highest BCUT2D eigenvalue weighted by Crippen LogP contribution is 2.05. The van der Waals surface area contributed by atoms with E-state index in [-0.39, 0.29) is 0 Å². The fourth-order valence-corrected chi connectivity index (χ4v) is 2.16. The SMILES string of the molecule is Cc1[nH]cc[n+]1-c1ccc(-[n+]2cc[nH]c2C)cc1. The Bertz CT molecular complexity index is 602. The number of hydrogen-bond acceptors (Lipinski definition) is 0. The molecule has 0 saturated heterocycles. The second-order valence-corrected chi connectivity index (χ2v) is 4.35. The number of H-pyrrole nitrogens is 2. The molecule has 0 aliphatic carbocycles. The molecule has 4 heteroatoms. The highest BCUT2D eigenvalue weighted by atomic mass is 15.1. The lowest BCUT2D eigenvalue weighted by Crippen LogP contribution is -2.33. The van der Waals surface area contributed by atoms with Gasteiger partial charge in [-0.3, -0.25) is 0 Å². The average Bonchev–Trinajstić information content (AvgIpc) is 2.98. The maximum absolute atomic E-state index is 3.17. The molecule has 3 rings (SSSR count). The van der Waals surface area contributed by atoms with Gasteiger partial charge < -0.3 is 0 Å². The van der Waals surface area contributed by atoms with Gasteiger partial charge in [-0.25, -0.2) is 19.1 Å². The molecule has 3 aromatic rings. The van der Waals surface area contributed by atoms with Crippen LogP contribution in [0.1, 0.15) is 11.6 Å². The first-order chi connectivity index (χ1) is 8.75. The van der Waals surface area contributed by atoms with Crippen molar-refractivity contribution in [2.24, 2.45) is 0 Å². The zero-order chi connectivity index (χ0) is 12.5. The van der Waals surface area contributed by atoms with Crippen molar-refractivity contribution < 1.29 is 9.13 Å². The number of nitrogens with zero attached hydrogens (tertiary/aromatic N) is 2. The van der Waals surface area contributed by atoms with Gasteiger partial charge in [-0.05, 0) is 24.3 Å². The number of aryl methyl sites for hydroxylation is 2. The van der Waals surface area contributed by atoms with Crippen LogP contribution in [0.15, 0.2) is 49.1 Å². The van der Waals surface area contributed by atoms with E-state index in [1.54, 1.807) is 0 Å². The van der Waals surface area contributed by atoms with Gasteiger partial charge in [0.2, 0.25) is 0 Å². The molecule has 0 aliphatic heterocycles.